The predicted octanol–water partition coefficient (Wildman–Crippen LogP) is 5.62. The molecule has 4 nitrogen and oxygen atoms in total. The van der Waals surface area contributed by atoms with Crippen LogP contribution in [0.5, 0.6) is 5.75 Å². The first-order valence-corrected chi connectivity index (χ1v) is 9.58. The molecule has 1 aromatic carbocycles. The molecule has 2 unspecified atom stereocenters. The van der Waals surface area contributed by atoms with E-state index in [2.05, 4.69) is 0 Å². The van der Waals surface area contributed by atoms with Crippen molar-refractivity contribution in [2.75, 3.05) is 7.11 Å². The third-order valence-corrected chi connectivity index (χ3v) is 5.53. The van der Waals surface area contributed by atoms with Gasteiger partial charge in [0.05, 0.1) is 23.9 Å². The van der Waals surface area contributed by atoms with Crippen LogP contribution in [0.2, 0.25) is 0 Å². The topological polar surface area (TPSA) is 56.7 Å². The van der Waals surface area contributed by atoms with Gasteiger partial charge in [-0.05, 0) is 41.5 Å². The van der Waals surface area contributed by atoms with E-state index in [-0.39, 0.29) is 28.1 Å². The summed E-state index contributed by atoms with van der Waals surface area (Å²) in [7, 11) is 1.33. The summed E-state index contributed by atoms with van der Waals surface area (Å²) in [6.07, 6.45) is -2.55. The lowest BCUT2D eigenvalue weighted by molar-refractivity contribution is -0.137. The Balaban J connectivity index is 1.87. The second kappa shape index (κ2) is 7.72. The molecule has 3 aromatic rings. The van der Waals surface area contributed by atoms with Crippen molar-refractivity contribution in [2.24, 2.45) is 11.7 Å². The number of benzene rings is 1. The highest BCUT2D eigenvalue weighted by Gasteiger charge is 2.45. The van der Waals surface area contributed by atoms with Crippen LogP contribution >= 0.6 is 0 Å². The van der Waals surface area contributed by atoms with E-state index < -0.39 is 40.9 Å². The molecule has 172 valence electrons. The highest BCUT2D eigenvalue weighted by molar-refractivity contribution is 5.82. The minimum absolute atomic E-state index is 0.0699. The van der Waals surface area contributed by atoms with E-state index in [0.29, 0.717) is 12.2 Å². The Morgan fingerprint density at radius 1 is 1.12 bits per heavy atom. The average Bonchev–Trinajstić information content (AvgIpc) is 3.16. The first-order valence-electron chi connectivity index (χ1n) is 9.58. The quantitative estimate of drug-likeness (QED) is 0.508. The number of hydrogen-bond acceptors (Lipinski definition) is 2. The molecule has 1 aliphatic rings. The number of fused-ring (bicyclic) bond motifs is 1. The zero-order valence-electron chi connectivity index (χ0n) is 17.0. The second-order valence-electron chi connectivity index (χ2n) is 7.47. The Morgan fingerprint density at radius 3 is 2.36 bits per heavy atom. The molecule has 2 aromatic heterocycles. The van der Waals surface area contributed by atoms with Gasteiger partial charge in [-0.25, -0.2) is 13.2 Å². The highest BCUT2D eigenvalue weighted by Crippen LogP contribution is 2.45. The van der Waals surface area contributed by atoms with Gasteiger partial charge in [0, 0.05) is 6.20 Å². The maximum Gasteiger partial charge on any atom is 0.418 e. The van der Waals surface area contributed by atoms with E-state index in [1.807, 2.05) is 0 Å². The molecule has 2 heterocycles. The van der Waals surface area contributed by atoms with Crippen molar-refractivity contribution in [2.45, 2.75) is 11.8 Å². The minimum Gasteiger partial charge on any atom is -0.495 e. The van der Waals surface area contributed by atoms with Crippen molar-refractivity contribution in [1.82, 2.24) is 4.40 Å². The van der Waals surface area contributed by atoms with Crippen LogP contribution in [0.4, 0.5) is 26.3 Å². The summed E-state index contributed by atoms with van der Waals surface area (Å²) < 4.78 is 90.9. The molecule has 0 saturated heterocycles. The zero-order valence-corrected chi connectivity index (χ0v) is 17.0. The lowest BCUT2D eigenvalue weighted by atomic mass is 9.78. The summed E-state index contributed by atoms with van der Waals surface area (Å²) in [4.78, 5) is 11.7. The molecular formula is C23H16F6N2O2. The third kappa shape index (κ3) is 3.65. The molecular weight excluding hydrogens is 450 g/mol. The van der Waals surface area contributed by atoms with Crippen LogP contribution in [0.3, 0.4) is 0 Å². The van der Waals surface area contributed by atoms with Gasteiger partial charge in [0.15, 0.2) is 17.3 Å². The van der Waals surface area contributed by atoms with Gasteiger partial charge in [0.1, 0.15) is 11.7 Å². The first-order chi connectivity index (χ1) is 15.5. The lowest BCUT2D eigenvalue weighted by Gasteiger charge is -2.30. The number of ether oxygens (including phenoxy) is 1. The number of carbonyl (C=O) groups is 1. The summed E-state index contributed by atoms with van der Waals surface area (Å²) in [5.41, 5.74) is 1.14. The molecule has 1 aliphatic carbocycles. The Hall–Kier alpha value is -3.69. The number of nitrogens with two attached hydrogens (primary N) is 1. The number of allylic oxidation sites excluding steroid dienone is 3. The van der Waals surface area contributed by atoms with E-state index in [1.165, 1.54) is 42.0 Å². The fraction of sp³-hybridized carbons (Fsp3) is 0.174. The fourth-order valence-corrected chi connectivity index (χ4v) is 3.98. The van der Waals surface area contributed by atoms with Gasteiger partial charge < -0.3 is 14.9 Å². The number of methoxy groups -OCH3 is 1. The maximum atomic E-state index is 15.7. The van der Waals surface area contributed by atoms with Gasteiger partial charge in [-0.2, -0.15) is 13.2 Å². The number of rotatable bonds is 4. The number of nitrogens with zero attached hydrogens (tertiary/aromatic N) is 1. The molecule has 0 aliphatic heterocycles. The van der Waals surface area contributed by atoms with Crippen molar-refractivity contribution >= 4 is 11.4 Å². The number of hydrogen-bond donors (Lipinski definition) is 1. The summed E-state index contributed by atoms with van der Waals surface area (Å²) in [5.74, 6) is -5.79. The molecule has 2 atom stereocenters. The van der Waals surface area contributed by atoms with Crippen LogP contribution in [0.15, 0.2) is 72.5 Å². The second-order valence-corrected chi connectivity index (χ2v) is 7.47. The van der Waals surface area contributed by atoms with Gasteiger partial charge in [-0.15, -0.1) is 0 Å². The van der Waals surface area contributed by atoms with E-state index >= 15 is 4.39 Å². The van der Waals surface area contributed by atoms with Crippen LogP contribution in [0.25, 0.3) is 16.8 Å². The van der Waals surface area contributed by atoms with Crippen molar-refractivity contribution in [1.29, 1.82) is 0 Å². The molecule has 0 radical (unpaired) electrons. The fourth-order valence-electron chi connectivity index (χ4n) is 3.98. The zero-order chi connectivity index (χ0) is 24.1. The largest absolute Gasteiger partial charge is 0.495 e. The summed E-state index contributed by atoms with van der Waals surface area (Å²) in [6.45, 7) is 0. The molecule has 33 heavy (non-hydrogen) atoms. The van der Waals surface area contributed by atoms with E-state index in [0.717, 1.165) is 18.2 Å². The van der Waals surface area contributed by atoms with E-state index in [4.69, 9.17) is 10.5 Å². The van der Waals surface area contributed by atoms with Crippen LogP contribution in [-0.2, 0) is 16.6 Å². The molecule has 1 amide bonds. The van der Waals surface area contributed by atoms with Crippen molar-refractivity contribution in [3.63, 3.8) is 0 Å². The number of halogens is 6. The van der Waals surface area contributed by atoms with Crippen molar-refractivity contribution < 1.29 is 35.9 Å². The first kappa shape index (κ1) is 22.5. The van der Waals surface area contributed by atoms with Crippen molar-refractivity contribution in [3.8, 4) is 17.0 Å². The number of amides is 1. The Kier molecular flexibility index (Phi) is 5.26. The monoisotopic (exact) mass is 466 g/mol. The number of pyridine rings is 1. The van der Waals surface area contributed by atoms with Crippen LogP contribution in [-0.4, -0.2) is 17.4 Å². The standard InChI is InChI=1S/C23H16F6N2O2/c1-33-19-3-2-8-31-18(19)10-14(23(27,28)29)20(31)12-4-6-13(7-5-12)22(26)11-17(25)16(24)9-15(22)21(30)32/h2-11,15H,1H3,(H2,30,32). The average molecular weight is 466 g/mol. The third-order valence-electron chi connectivity index (χ3n) is 5.53. The molecule has 0 bridgehead atoms. The molecule has 0 fully saturated rings. The normalized spacial score (nSPS) is 21.0. The number of carbonyl (C=O) groups excluding carboxylic acids is 1. The molecule has 10 heteroatoms. The minimum atomic E-state index is -4.71. The number of primary amides is 1. The molecule has 2 N–H and O–H groups in total. The lowest BCUT2D eigenvalue weighted by Crippen LogP contribution is -2.39. The number of aromatic nitrogens is 1. The van der Waals surface area contributed by atoms with Gasteiger partial charge in [-0.3, -0.25) is 4.79 Å². The van der Waals surface area contributed by atoms with Crippen LogP contribution in [0.1, 0.15) is 11.1 Å². The molecule has 4 rings (SSSR count). The Bertz CT molecular complexity index is 1310. The molecule has 0 saturated carbocycles. The molecule has 0 spiro atoms. The van der Waals surface area contributed by atoms with Gasteiger partial charge in [0.2, 0.25) is 5.91 Å². The van der Waals surface area contributed by atoms with E-state index in [9.17, 15) is 26.7 Å². The summed E-state index contributed by atoms with van der Waals surface area (Å²) >= 11 is 0. The van der Waals surface area contributed by atoms with Gasteiger partial charge in [-0.1, -0.05) is 24.3 Å². The van der Waals surface area contributed by atoms with Crippen LogP contribution in [0, 0.1) is 5.92 Å². The number of alkyl halides is 4. The summed E-state index contributed by atoms with van der Waals surface area (Å²) in [5, 5.41) is 0. The summed E-state index contributed by atoms with van der Waals surface area (Å²) in [6, 6.07) is 8.56. The Labute approximate surface area is 183 Å². The van der Waals surface area contributed by atoms with E-state index in [1.54, 1.807) is 0 Å². The Morgan fingerprint density at radius 2 is 1.79 bits per heavy atom. The SMILES string of the molecule is COc1cccn2c(-c3ccc(C4(F)C=C(F)C(F)=CC4C(N)=O)cc3)c(C(F)(F)F)cc12. The highest BCUT2D eigenvalue weighted by atomic mass is 19.4. The maximum absolute atomic E-state index is 15.7. The smallest absolute Gasteiger partial charge is 0.418 e. The van der Waals surface area contributed by atoms with Gasteiger partial charge in [0.25, 0.3) is 0 Å². The van der Waals surface area contributed by atoms with Crippen LogP contribution < -0.4 is 10.5 Å². The van der Waals surface area contributed by atoms with Gasteiger partial charge >= 0.3 is 6.18 Å². The predicted molar refractivity (Wildman–Crippen MR) is 108 cm³/mol. The van der Waals surface area contributed by atoms with Crippen molar-refractivity contribution in [3.05, 3.63) is 83.6 Å².